The van der Waals surface area contributed by atoms with Gasteiger partial charge in [-0.3, -0.25) is 9.89 Å². The third-order valence-corrected chi connectivity index (χ3v) is 2.35. The van der Waals surface area contributed by atoms with Crippen molar-refractivity contribution in [1.29, 1.82) is 0 Å². The average Bonchev–Trinajstić information content (AvgIpc) is 2.76. The molecule has 4 N–H and O–H groups in total. The molecule has 92 valence electrons. The highest BCUT2D eigenvalue weighted by atomic mass is 16.4. The molecule has 0 amide bonds. The molecular formula is C12H17N3O2. The van der Waals surface area contributed by atoms with Crippen LogP contribution in [-0.4, -0.2) is 27.3 Å². The Hall–Kier alpha value is -1.88. The Morgan fingerprint density at radius 2 is 2.06 bits per heavy atom. The van der Waals surface area contributed by atoms with Gasteiger partial charge in [-0.25, -0.2) is 0 Å². The van der Waals surface area contributed by atoms with E-state index in [1.807, 2.05) is 30.5 Å². The minimum Gasteiger partial charge on any atom is -0.480 e. The maximum Gasteiger partial charge on any atom is 0.320 e. The molecule has 0 saturated carbocycles. The van der Waals surface area contributed by atoms with Gasteiger partial charge in [-0.15, -0.1) is 0 Å². The standard InChI is InChI=1S/C7H6N2.C5H11NO2/c1-2-4-7-6(3-1)5-8-9-7;1-3(2)4(6)5(7)8/h1-5H,(H,8,9);3-4H,6H2,1-2H3,(H,7,8)/t;4-/m.0/s1. The van der Waals surface area contributed by atoms with Crippen molar-refractivity contribution in [3.05, 3.63) is 30.5 Å². The lowest BCUT2D eigenvalue weighted by molar-refractivity contribution is -0.139. The van der Waals surface area contributed by atoms with Crippen LogP contribution in [0.1, 0.15) is 13.8 Å². The van der Waals surface area contributed by atoms with Crippen LogP contribution in [0.5, 0.6) is 0 Å². The predicted octanol–water partition coefficient (Wildman–Crippen LogP) is 1.62. The van der Waals surface area contributed by atoms with Gasteiger partial charge in [0.25, 0.3) is 0 Å². The zero-order chi connectivity index (χ0) is 12.8. The van der Waals surface area contributed by atoms with E-state index in [0.717, 1.165) is 10.9 Å². The van der Waals surface area contributed by atoms with Gasteiger partial charge in [-0.1, -0.05) is 32.0 Å². The summed E-state index contributed by atoms with van der Waals surface area (Å²) in [6, 6.07) is 7.30. The van der Waals surface area contributed by atoms with Crippen LogP contribution in [0.2, 0.25) is 0 Å². The molecule has 2 aromatic rings. The summed E-state index contributed by atoms with van der Waals surface area (Å²) in [7, 11) is 0. The largest absolute Gasteiger partial charge is 0.480 e. The molecule has 0 aliphatic heterocycles. The third kappa shape index (κ3) is 3.88. The molecular weight excluding hydrogens is 218 g/mol. The van der Waals surface area contributed by atoms with Crippen molar-refractivity contribution in [3.8, 4) is 0 Å². The molecule has 0 radical (unpaired) electrons. The SMILES string of the molecule is CC(C)[C@H](N)C(=O)O.c1ccc2[nH]ncc2c1. The highest BCUT2D eigenvalue weighted by Gasteiger charge is 2.14. The van der Waals surface area contributed by atoms with E-state index in [2.05, 4.69) is 10.2 Å². The van der Waals surface area contributed by atoms with Crippen LogP contribution in [0.4, 0.5) is 0 Å². The van der Waals surface area contributed by atoms with Crippen molar-refractivity contribution < 1.29 is 9.90 Å². The predicted molar refractivity (Wildman–Crippen MR) is 66.5 cm³/mol. The van der Waals surface area contributed by atoms with Crippen LogP contribution in [0.3, 0.4) is 0 Å². The number of rotatable bonds is 2. The summed E-state index contributed by atoms with van der Waals surface area (Å²) in [6.45, 7) is 3.55. The van der Waals surface area contributed by atoms with E-state index < -0.39 is 12.0 Å². The van der Waals surface area contributed by atoms with E-state index in [9.17, 15) is 4.79 Å². The second kappa shape index (κ2) is 6.00. The monoisotopic (exact) mass is 235 g/mol. The van der Waals surface area contributed by atoms with Crippen LogP contribution < -0.4 is 5.73 Å². The Morgan fingerprint density at radius 1 is 1.41 bits per heavy atom. The number of carboxylic acid groups (broad SMARTS) is 1. The molecule has 0 aliphatic rings. The zero-order valence-corrected chi connectivity index (χ0v) is 9.92. The zero-order valence-electron chi connectivity index (χ0n) is 9.92. The fraction of sp³-hybridized carbons (Fsp3) is 0.333. The Bertz CT molecular complexity index is 449. The summed E-state index contributed by atoms with van der Waals surface area (Å²) >= 11 is 0. The number of nitrogens with zero attached hydrogens (tertiary/aromatic N) is 1. The van der Waals surface area contributed by atoms with Gasteiger partial charge in [0.15, 0.2) is 0 Å². The summed E-state index contributed by atoms with van der Waals surface area (Å²) in [5.74, 6) is -0.910. The molecule has 17 heavy (non-hydrogen) atoms. The Morgan fingerprint density at radius 3 is 2.53 bits per heavy atom. The number of benzene rings is 1. The van der Waals surface area contributed by atoms with Crippen LogP contribution in [0.15, 0.2) is 30.5 Å². The lowest BCUT2D eigenvalue weighted by Crippen LogP contribution is -2.34. The molecule has 1 heterocycles. The minimum atomic E-state index is -0.931. The van der Waals surface area contributed by atoms with Crippen molar-refractivity contribution in [2.24, 2.45) is 11.7 Å². The number of nitrogens with two attached hydrogens (primary N) is 1. The number of hydrogen-bond donors (Lipinski definition) is 3. The molecule has 0 bridgehead atoms. The van der Waals surface area contributed by atoms with Crippen molar-refractivity contribution >= 4 is 16.9 Å². The fourth-order valence-electron chi connectivity index (χ4n) is 1.17. The van der Waals surface area contributed by atoms with Crippen LogP contribution in [0.25, 0.3) is 10.9 Å². The van der Waals surface area contributed by atoms with Gasteiger partial charge >= 0.3 is 5.97 Å². The number of hydrogen-bond acceptors (Lipinski definition) is 3. The van der Waals surface area contributed by atoms with Gasteiger partial charge in [0.05, 0.1) is 11.7 Å². The number of aliphatic carboxylic acids is 1. The van der Waals surface area contributed by atoms with Crippen LogP contribution in [0, 0.1) is 5.92 Å². The number of carboxylic acids is 1. The molecule has 1 aromatic carbocycles. The van der Waals surface area contributed by atoms with E-state index in [-0.39, 0.29) is 5.92 Å². The van der Waals surface area contributed by atoms with E-state index in [4.69, 9.17) is 10.8 Å². The van der Waals surface area contributed by atoms with Crippen molar-refractivity contribution in [1.82, 2.24) is 10.2 Å². The average molecular weight is 235 g/mol. The maximum atomic E-state index is 10.0. The highest BCUT2D eigenvalue weighted by Crippen LogP contribution is 2.06. The Kier molecular flexibility index (Phi) is 4.66. The van der Waals surface area contributed by atoms with Gasteiger partial charge in [0.2, 0.25) is 0 Å². The van der Waals surface area contributed by atoms with Crippen molar-refractivity contribution in [3.63, 3.8) is 0 Å². The molecule has 0 saturated heterocycles. The first kappa shape index (κ1) is 13.2. The number of para-hydroxylation sites is 1. The molecule has 2 rings (SSSR count). The minimum absolute atomic E-state index is 0.0208. The second-order valence-electron chi connectivity index (χ2n) is 4.07. The quantitative estimate of drug-likeness (QED) is 0.737. The number of H-pyrrole nitrogens is 1. The summed E-state index contributed by atoms with van der Waals surface area (Å²) in [5, 5.41) is 16.1. The van der Waals surface area contributed by atoms with Gasteiger partial charge < -0.3 is 10.8 Å². The first-order valence-electron chi connectivity index (χ1n) is 5.39. The lowest BCUT2D eigenvalue weighted by Gasteiger charge is -2.07. The second-order valence-corrected chi connectivity index (χ2v) is 4.07. The van der Waals surface area contributed by atoms with Crippen LogP contribution in [-0.2, 0) is 4.79 Å². The molecule has 5 heteroatoms. The normalized spacial score (nSPS) is 12.0. The number of aromatic amines is 1. The molecule has 0 aliphatic carbocycles. The number of fused-ring (bicyclic) bond motifs is 1. The van der Waals surface area contributed by atoms with Gasteiger partial charge in [0, 0.05) is 5.39 Å². The molecule has 1 aromatic heterocycles. The van der Waals surface area contributed by atoms with E-state index in [0.29, 0.717) is 0 Å². The molecule has 0 fully saturated rings. The Labute approximate surface area is 99.6 Å². The summed E-state index contributed by atoms with van der Waals surface area (Å²) < 4.78 is 0. The first-order chi connectivity index (χ1) is 8.02. The first-order valence-corrected chi connectivity index (χ1v) is 5.39. The molecule has 1 atom stereocenters. The number of aromatic nitrogens is 2. The lowest BCUT2D eigenvalue weighted by atomic mass is 10.1. The summed E-state index contributed by atoms with van der Waals surface area (Å²) in [5.41, 5.74) is 6.25. The third-order valence-electron chi connectivity index (χ3n) is 2.35. The van der Waals surface area contributed by atoms with E-state index in [1.54, 1.807) is 13.8 Å². The number of nitrogens with one attached hydrogen (secondary N) is 1. The smallest absolute Gasteiger partial charge is 0.320 e. The van der Waals surface area contributed by atoms with Crippen molar-refractivity contribution in [2.45, 2.75) is 19.9 Å². The van der Waals surface area contributed by atoms with Gasteiger partial charge in [-0.2, -0.15) is 5.10 Å². The highest BCUT2D eigenvalue weighted by molar-refractivity contribution is 5.77. The van der Waals surface area contributed by atoms with E-state index >= 15 is 0 Å². The van der Waals surface area contributed by atoms with Gasteiger partial charge in [0.1, 0.15) is 6.04 Å². The maximum absolute atomic E-state index is 10.0. The topological polar surface area (TPSA) is 92.0 Å². The molecule has 5 nitrogen and oxygen atoms in total. The number of carbonyl (C=O) groups is 1. The molecule has 0 spiro atoms. The summed E-state index contributed by atoms with van der Waals surface area (Å²) in [4.78, 5) is 10.0. The summed E-state index contributed by atoms with van der Waals surface area (Å²) in [6.07, 6.45) is 1.81. The Balaban J connectivity index is 0.000000172. The van der Waals surface area contributed by atoms with Crippen LogP contribution >= 0.6 is 0 Å². The fourth-order valence-corrected chi connectivity index (χ4v) is 1.17. The van der Waals surface area contributed by atoms with Crippen molar-refractivity contribution in [2.75, 3.05) is 0 Å². The van der Waals surface area contributed by atoms with E-state index in [1.165, 1.54) is 0 Å². The van der Waals surface area contributed by atoms with Gasteiger partial charge in [-0.05, 0) is 12.0 Å². The molecule has 0 unspecified atom stereocenters.